The van der Waals surface area contributed by atoms with Crippen LogP contribution in [0.4, 0.5) is 5.95 Å². The number of aromatic nitrogens is 2. The summed E-state index contributed by atoms with van der Waals surface area (Å²) in [5, 5.41) is 4.48. The van der Waals surface area contributed by atoms with Gasteiger partial charge in [0.2, 0.25) is 5.95 Å². The molecule has 0 saturated heterocycles. The summed E-state index contributed by atoms with van der Waals surface area (Å²) < 4.78 is 1.83. The molecule has 70 valence electrons. The summed E-state index contributed by atoms with van der Waals surface area (Å²) in [7, 11) is 2.04. The molecule has 0 radical (unpaired) electrons. The highest BCUT2D eigenvalue weighted by Crippen LogP contribution is 2.16. The molecule has 0 bridgehead atoms. The lowest BCUT2D eigenvalue weighted by Gasteiger charge is -2.25. The number of rotatable bonds is 1. The molecular formula is C9H14N4. The van der Waals surface area contributed by atoms with Crippen molar-refractivity contribution in [2.24, 2.45) is 11.0 Å². The smallest absolute Gasteiger partial charge is 0.226 e. The second kappa shape index (κ2) is 2.87. The Morgan fingerprint density at radius 3 is 2.92 bits per heavy atom. The number of hydrogen-bond acceptors (Lipinski definition) is 3. The highest BCUT2D eigenvalue weighted by atomic mass is 15.5. The maximum Gasteiger partial charge on any atom is 0.226 e. The van der Waals surface area contributed by atoms with Gasteiger partial charge in [0.05, 0.1) is 18.5 Å². The van der Waals surface area contributed by atoms with E-state index in [-0.39, 0.29) is 0 Å². The Kier molecular flexibility index (Phi) is 1.83. The van der Waals surface area contributed by atoms with E-state index in [1.807, 2.05) is 17.9 Å². The van der Waals surface area contributed by atoms with Crippen LogP contribution in [0.3, 0.4) is 0 Å². The van der Waals surface area contributed by atoms with Gasteiger partial charge in [0.25, 0.3) is 0 Å². The Balaban J connectivity index is 2.40. The quantitative estimate of drug-likeness (QED) is 0.647. The van der Waals surface area contributed by atoms with Gasteiger partial charge in [-0.05, 0) is 5.92 Å². The number of nitrogens with zero attached hydrogens (tertiary/aromatic N) is 4. The van der Waals surface area contributed by atoms with Gasteiger partial charge in [-0.3, -0.25) is 0 Å². The Bertz CT molecular complexity index is 337. The molecule has 2 heterocycles. The average molecular weight is 178 g/mol. The van der Waals surface area contributed by atoms with Gasteiger partial charge in [-0.15, -0.1) is 0 Å². The summed E-state index contributed by atoms with van der Waals surface area (Å²) in [5.41, 5.74) is 1.20. The molecule has 4 nitrogen and oxygen atoms in total. The first-order valence-electron chi connectivity index (χ1n) is 4.50. The summed E-state index contributed by atoms with van der Waals surface area (Å²) in [5.74, 6) is 1.42. The van der Waals surface area contributed by atoms with Crippen molar-refractivity contribution >= 4 is 11.7 Å². The Morgan fingerprint density at radius 1 is 1.46 bits per heavy atom. The van der Waals surface area contributed by atoms with Crippen molar-refractivity contribution in [3.63, 3.8) is 0 Å². The Labute approximate surface area is 77.9 Å². The topological polar surface area (TPSA) is 33.4 Å². The van der Waals surface area contributed by atoms with Crippen LogP contribution in [0, 0.1) is 5.92 Å². The van der Waals surface area contributed by atoms with Gasteiger partial charge in [-0.1, -0.05) is 13.8 Å². The maximum absolute atomic E-state index is 4.48. The maximum atomic E-state index is 4.48. The molecular weight excluding hydrogens is 164 g/mol. The zero-order valence-electron chi connectivity index (χ0n) is 8.23. The molecule has 0 amide bonds. The predicted molar refractivity (Wildman–Crippen MR) is 53.2 cm³/mol. The molecule has 0 aromatic carbocycles. The third-order valence-corrected chi connectivity index (χ3v) is 2.25. The minimum absolute atomic E-state index is 0.498. The van der Waals surface area contributed by atoms with Crippen LogP contribution in [0.15, 0.2) is 17.5 Å². The minimum Gasteiger partial charge on any atom is -0.338 e. The summed E-state index contributed by atoms with van der Waals surface area (Å²) in [6.07, 6.45) is 3.66. The normalized spacial score (nSPS) is 16.0. The van der Waals surface area contributed by atoms with E-state index >= 15 is 0 Å². The molecule has 1 aliphatic rings. The van der Waals surface area contributed by atoms with E-state index in [4.69, 9.17) is 0 Å². The van der Waals surface area contributed by atoms with Crippen molar-refractivity contribution in [1.29, 1.82) is 0 Å². The number of hydrogen-bond donors (Lipinski definition) is 0. The lowest BCUT2D eigenvalue weighted by atomic mass is 10.1. The molecule has 0 N–H and O–H groups in total. The summed E-state index contributed by atoms with van der Waals surface area (Å²) in [6.45, 7) is 5.21. The number of imidazole rings is 1. The molecule has 0 unspecified atom stereocenters. The fourth-order valence-electron chi connectivity index (χ4n) is 1.42. The van der Waals surface area contributed by atoms with Gasteiger partial charge in [-0.2, -0.15) is 5.10 Å². The van der Waals surface area contributed by atoms with Crippen LogP contribution in [0.2, 0.25) is 0 Å². The van der Waals surface area contributed by atoms with Gasteiger partial charge < -0.3 is 4.90 Å². The van der Waals surface area contributed by atoms with Crippen molar-refractivity contribution in [3.05, 3.63) is 12.4 Å². The van der Waals surface area contributed by atoms with Gasteiger partial charge >= 0.3 is 0 Å². The summed E-state index contributed by atoms with van der Waals surface area (Å²) in [4.78, 5) is 6.33. The number of anilines is 1. The molecule has 4 heteroatoms. The van der Waals surface area contributed by atoms with E-state index in [2.05, 4.69) is 28.8 Å². The van der Waals surface area contributed by atoms with E-state index in [0.717, 1.165) is 12.5 Å². The van der Waals surface area contributed by atoms with Gasteiger partial charge in [0.1, 0.15) is 0 Å². The zero-order chi connectivity index (χ0) is 9.42. The lowest BCUT2D eigenvalue weighted by molar-refractivity contribution is 0.740. The van der Waals surface area contributed by atoms with Crippen LogP contribution < -0.4 is 4.90 Å². The van der Waals surface area contributed by atoms with Crippen molar-refractivity contribution in [1.82, 2.24) is 9.66 Å². The molecule has 0 spiro atoms. The molecule has 1 aromatic heterocycles. The SMILES string of the molecule is CC(C)C1=Nn2ccnc2N(C)C1. The third-order valence-electron chi connectivity index (χ3n) is 2.25. The van der Waals surface area contributed by atoms with Crippen LogP contribution in [0.1, 0.15) is 13.8 Å². The van der Waals surface area contributed by atoms with Crippen molar-refractivity contribution < 1.29 is 0 Å². The first kappa shape index (κ1) is 8.29. The summed E-state index contributed by atoms with van der Waals surface area (Å²) >= 11 is 0. The molecule has 1 aliphatic heterocycles. The van der Waals surface area contributed by atoms with Crippen molar-refractivity contribution in [2.75, 3.05) is 18.5 Å². The van der Waals surface area contributed by atoms with E-state index in [9.17, 15) is 0 Å². The molecule has 13 heavy (non-hydrogen) atoms. The van der Waals surface area contributed by atoms with Crippen LogP contribution in [0.25, 0.3) is 0 Å². The van der Waals surface area contributed by atoms with E-state index in [0.29, 0.717) is 5.92 Å². The fraction of sp³-hybridized carbons (Fsp3) is 0.556. The predicted octanol–water partition coefficient (Wildman–Crippen LogP) is 1.19. The largest absolute Gasteiger partial charge is 0.338 e. The van der Waals surface area contributed by atoms with Crippen molar-refractivity contribution in [2.45, 2.75) is 13.8 Å². The highest BCUT2D eigenvalue weighted by Gasteiger charge is 2.18. The number of fused-ring (bicyclic) bond motifs is 1. The van der Waals surface area contributed by atoms with E-state index in [1.165, 1.54) is 5.71 Å². The van der Waals surface area contributed by atoms with Gasteiger partial charge in [-0.25, -0.2) is 9.66 Å². The first-order chi connectivity index (χ1) is 6.18. The second-order valence-corrected chi connectivity index (χ2v) is 3.67. The Morgan fingerprint density at radius 2 is 2.23 bits per heavy atom. The molecule has 1 aromatic rings. The van der Waals surface area contributed by atoms with Crippen molar-refractivity contribution in [3.8, 4) is 0 Å². The molecule has 0 atom stereocenters. The Hall–Kier alpha value is -1.32. The molecule has 0 aliphatic carbocycles. The van der Waals surface area contributed by atoms with Gasteiger partial charge in [0.15, 0.2) is 0 Å². The van der Waals surface area contributed by atoms with E-state index < -0.39 is 0 Å². The average Bonchev–Trinajstić information content (AvgIpc) is 2.51. The second-order valence-electron chi connectivity index (χ2n) is 3.67. The highest BCUT2D eigenvalue weighted by molar-refractivity contribution is 5.91. The van der Waals surface area contributed by atoms with Crippen LogP contribution in [-0.4, -0.2) is 29.0 Å². The minimum atomic E-state index is 0.498. The summed E-state index contributed by atoms with van der Waals surface area (Å²) in [6, 6.07) is 0. The first-order valence-corrected chi connectivity index (χ1v) is 4.50. The molecule has 2 rings (SSSR count). The lowest BCUT2D eigenvalue weighted by Crippen LogP contribution is -2.34. The van der Waals surface area contributed by atoms with Crippen LogP contribution in [0.5, 0.6) is 0 Å². The fourth-order valence-corrected chi connectivity index (χ4v) is 1.42. The monoisotopic (exact) mass is 178 g/mol. The molecule has 0 saturated carbocycles. The van der Waals surface area contributed by atoms with Crippen LogP contribution >= 0.6 is 0 Å². The zero-order valence-corrected chi connectivity index (χ0v) is 8.23. The third kappa shape index (κ3) is 1.32. The van der Waals surface area contributed by atoms with E-state index in [1.54, 1.807) is 6.20 Å². The molecule has 0 fully saturated rings. The van der Waals surface area contributed by atoms with Gasteiger partial charge in [0, 0.05) is 13.2 Å². The standard InChI is InChI=1S/C9H14N4/c1-7(2)8-6-12(3)9-10-4-5-13(9)11-8/h4-5,7H,6H2,1-3H3. The van der Waals surface area contributed by atoms with Crippen LogP contribution in [-0.2, 0) is 0 Å².